The Kier molecular flexibility index (Phi) is 7.28. The van der Waals surface area contributed by atoms with E-state index in [2.05, 4.69) is 53.7 Å². The predicted octanol–water partition coefficient (Wildman–Crippen LogP) is 6.75. The van der Waals surface area contributed by atoms with Gasteiger partial charge in [-0.15, -0.1) is 0 Å². The van der Waals surface area contributed by atoms with Crippen LogP contribution >= 0.6 is 8.58 Å². The maximum absolute atomic E-state index is 13.8. The molecule has 0 aliphatic carbocycles. The molecule has 0 aliphatic heterocycles. The zero-order valence-corrected chi connectivity index (χ0v) is 19.7. The number of rotatable bonds is 7. The molecule has 1 N–H and O–H groups in total. The van der Waals surface area contributed by atoms with Gasteiger partial charge < -0.3 is 5.11 Å². The number of aryl methyl sites for hydroxylation is 1. The Balaban J connectivity index is 2.73. The van der Waals surface area contributed by atoms with Crippen molar-refractivity contribution in [1.29, 1.82) is 0 Å². The van der Waals surface area contributed by atoms with E-state index in [1.807, 2.05) is 0 Å². The molecule has 4 heteroatoms. The van der Waals surface area contributed by atoms with Crippen LogP contribution < -0.4 is 5.30 Å². The zero-order valence-electron chi connectivity index (χ0n) is 18.7. The predicted molar refractivity (Wildman–Crippen MR) is 123 cm³/mol. The molecule has 0 heterocycles. The molecule has 0 fully saturated rings. The summed E-state index contributed by atoms with van der Waals surface area (Å²) in [6.45, 7) is 14.1. The first-order chi connectivity index (χ1) is 13.4. The Morgan fingerprint density at radius 2 is 1.72 bits per heavy atom. The number of phenols is 1. The van der Waals surface area contributed by atoms with Crippen LogP contribution in [0.5, 0.6) is 5.75 Å². The Bertz CT molecular complexity index is 898. The Hall–Kier alpha value is -1.73. The summed E-state index contributed by atoms with van der Waals surface area (Å²) in [4.78, 5) is 12.2. The number of carbonyl (C=O) groups excluding carboxylic acids is 1. The van der Waals surface area contributed by atoms with Crippen molar-refractivity contribution >= 4 is 19.7 Å². The van der Waals surface area contributed by atoms with Crippen LogP contribution in [0.15, 0.2) is 30.3 Å². The number of phenolic OH excluding ortho intramolecular Hbond substituents is 1. The topological polar surface area (TPSA) is 37.3 Å². The van der Waals surface area contributed by atoms with Crippen molar-refractivity contribution in [2.75, 3.05) is 0 Å². The molecule has 2 aromatic carbocycles. The van der Waals surface area contributed by atoms with Gasteiger partial charge in [-0.2, -0.15) is 0 Å². The van der Waals surface area contributed by atoms with E-state index in [-0.39, 0.29) is 24.9 Å². The van der Waals surface area contributed by atoms with E-state index >= 15 is 0 Å². The molecular weight excluding hydrogens is 382 g/mol. The van der Waals surface area contributed by atoms with Gasteiger partial charge in [-0.25, -0.2) is 4.39 Å². The second-order valence-electron chi connectivity index (χ2n) is 9.02. The number of hydrogen-bond donors (Lipinski definition) is 1. The quantitative estimate of drug-likeness (QED) is 0.400. The van der Waals surface area contributed by atoms with Crippen LogP contribution in [0.2, 0.25) is 0 Å². The lowest BCUT2D eigenvalue weighted by Crippen LogP contribution is -2.26. The summed E-state index contributed by atoms with van der Waals surface area (Å²) in [7, 11) is 0.263. The molecule has 0 aromatic heterocycles. The first-order valence-electron chi connectivity index (χ1n) is 10.4. The van der Waals surface area contributed by atoms with Gasteiger partial charge in [-0.1, -0.05) is 73.4 Å². The van der Waals surface area contributed by atoms with E-state index in [0.29, 0.717) is 11.3 Å². The van der Waals surface area contributed by atoms with Crippen molar-refractivity contribution in [3.8, 4) is 5.75 Å². The van der Waals surface area contributed by atoms with E-state index in [9.17, 15) is 14.3 Å². The molecule has 2 rings (SSSR count). The van der Waals surface area contributed by atoms with Gasteiger partial charge in [0, 0.05) is 16.3 Å². The van der Waals surface area contributed by atoms with E-state index in [1.165, 1.54) is 19.1 Å². The molecule has 2 nitrogen and oxygen atoms in total. The smallest absolute Gasteiger partial charge is 0.160 e. The lowest BCUT2D eigenvalue weighted by Gasteiger charge is -2.36. The Labute approximate surface area is 176 Å². The molecule has 2 aromatic rings. The average Bonchev–Trinajstić information content (AvgIpc) is 2.63. The summed E-state index contributed by atoms with van der Waals surface area (Å²) >= 11 is 0. The van der Waals surface area contributed by atoms with Crippen LogP contribution in [0, 0.1) is 12.7 Å². The maximum Gasteiger partial charge on any atom is 0.160 e. The molecule has 0 radical (unpaired) electrons. The molecule has 0 bridgehead atoms. The van der Waals surface area contributed by atoms with Crippen LogP contribution in [-0.4, -0.2) is 10.9 Å². The highest BCUT2D eigenvalue weighted by Crippen LogP contribution is 2.53. The van der Waals surface area contributed by atoms with Gasteiger partial charge >= 0.3 is 0 Å². The van der Waals surface area contributed by atoms with Crippen molar-refractivity contribution in [3.63, 3.8) is 0 Å². The second kappa shape index (κ2) is 8.96. The van der Waals surface area contributed by atoms with Crippen molar-refractivity contribution in [2.45, 2.75) is 78.3 Å². The third-order valence-corrected chi connectivity index (χ3v) is 7.65. The highest BCUT2D eigenvalue weighted by molar-refractivity contribution is 7.48. The number of Topliss-reactive ketones (excluding diaryl/α,β-unsaturated/α-hetero) is 1. The van der Waals surface area contributed by atoms with Gasteiger partial charge in [0.1, 0.15) is 11.6 Å². The summed E-state index contributed by atoms with van der Waals surface area (Å²) in [5.41, 5.74) is 3.27. The number of benzene rings is 2. The van der Waals surface area contributed by atoms with Crippen LogP contribution in [-0.2, 0) is 10.6 Å². The summed E-state index contributed by atoms with van der Waals surface area (Å²) < 4.78 is 13.8. The maximum atomic E-state index is 13.8. The molecule has 2 atom stereocenters. The molecule has 0 spiro atoms. The third kappa shape index (κ3) is 5.07. The number of aromatic hydroxyl groups is 1. The summed E-state index contributed by atoms with van der Waals surface area (Å²) in [6.07, 6.45) is 2.67. The molecule has 0 aliphatic rings. The number of hydrogen-bond acceptors (Lipinski definition) is 2. The minimum absolute atomic E-state index is 0.127. The normalized spacial score (nSPS) is 14.3. The Morgan fingerprint density at radius 1 is 1.10 bits per heavy atom. The lowest BCUT2D eigenvalue weighted by atomic mass is 9.80. The largest absolute Gasteiger partial charge is 0.507 e. The summed E-state index contributed by atoms with van der Waals surface area (Å²) in [5.74, 6) is -0.163. The van der Waals surface area contributed by atoms with Crippen molar-refractivity contribution in [2.24, 2.45) is 0 Å². The fraction of sp³-hybridized carbons (Fsp3) is 0.480. The van der Waals surface area contributed by atoms with Gasteiger partial charge in [0.25, 0.3) is 0 Å². The van der Waals surface area contributed by atoms with E-state index in [1.54, 1.807) is 6.07 Å². The highest BCUT2D eigenvalue weighted by Gasteiger charge is 2.35. The highest BCUT2D eigenvalue weighted by atomic mass is 31.1. The molecule has 158 valence electrons. The van der Waals surface area contributed by atoms with Gasteiger partial charge in [0.2, 0.25) is 0 Å². The minimum atomic E-state index is -0.394. The fourth-order valence-electron chi connectivity index (χ4n) is 4.04. The van der Waals surface area contributed by atoms with E-state index < -0.39 is 5.82 Å². The summed E-state index contributed by atoms with van der Waals surface area (Å²) in [6, 6.07) is 8.66. The van der Waals surface area contributed by atoms with Crippen molar-refractivity contribution in [3.05, 3.63) is 58.4 Å². The molecule has 0 amide bonds. The van der Waals surface area contributed by atoms with Gasteiger partial charge in [-0.05, 0) is 55.1 Å². The van der Waals surface area contributed by atoms with Gasteiger partial charge in [0.05, 0.1) is 0 Å². The van der Waals surface area contributed by atoms with Crippen LogP contribution in [0.25, 0.3) is 0 Å². The van der Waals surface area contributed by atoms with Crippen molar-refractivity contribution in [1.82, 2.24) is 0 Å². The van der Waals surface area contributed by atoms with Gasteiger partial charge in [0.15, 0.2) is 5.78 Å². The number of carbonyl (C=O) groups is 1. The Morgan fingerprint density at radius 3 is 2.24 bits per heavy atom. The van der Waals surface area contributed by atoms with Crippen LogP contribution in [0.4, 0.5) is 4.39 Å². The van der Waals surface area contributed by atoms with Crippen LogP contribution in [0.1, 0.15) is 87.9 Å². The third-order valence-electron chi connectivity index (χ3n) is 5.59. The van der Waals surface area contributed by atoms with Crippen LogP contribution in [0.3, 0.4) is 0 Å². The van der Waals surface area contributed by atoms with Gasteiger partial charge in [-0.3, -0.25) is 4.79 Å². The monoisotopic (exact) mass is 416 g/mol. The second-order valence-corrected chi connectivity index (χ2v) is 10.8. The van der Waals surface area contributed by atoms with Crippen molar-refractivity contribution < 1.29 is 14.3 Å². The van der Waals surface area contributed by atoms with E-state index in [4.69, 9.17) is 0 Å². The lowest BCUT2D eigenvalue weighted by molar-refractivity contribution is 0.101. The first kappa shape index (κ1) is 23.5. The standard InChI is InChI=1S/C25H34FO2P/c1-8-12-25(9-2,29-22-11-10-18(26)15-19(22)17(4)27)21-14-16(3)13-20(23(21)28)24(5,6)7/h10-11,13-15,28-29H,8-9,12H2,1-7H3. The number of ketones is 1. The SMILES string of the molecule is CCCC(CC)(Pc1ccc(F)cc1C(C)=O)c1cc(C)cc(C(C)(C)C)c1O. The molecular formula is C25H34FO2P. The fourth-order valence-corrected chi connectivity index (χ4v) is 5.98. The summed E-state index contributed by atoms with van der Waals surface area (Å²) in [5, 5.41) is 11.9. The molecule has 29 heavy (non-hydrogen) atoms. The molecule has 2 unspecified atom stereocenters. The first-order valence-corrected chi connectivity index (χ1v) is 11.4. The molecule has 0 saturated carbocycles. The average molecular weight is 417 g/mol. The minimum Gasteiger partial charge on any atom is -0.507 e. The molecule has 0 saturated heterocycles. The zero-order chi connectivity index (χ0) is 22.0. The number of halogens is 1. The van der Waals surface area contributed by atoms with E-state index in [0.717, 1.165) is 41.3 Å².